The smallest absolute Gasteiger partial charge is 0.186 e. The SMILES string of the molecule is O=C1C=Cc2ccc(Br)c3cccc1c23. The molecule has 2 heteroatoms. The first kappa shape index (κ1) is 8.86. The average molecular weight is 259 g/mol. The highest BCUT2D eigenvalue weighted by atomic mass is 79.9. The molecular weight excluding hydrogens is 252 g/mol. The number of hydrogen-bond donors (Lipinski definition) is 0. The first-order valence-corrected chi connectivity index (χ1v) is 5.50. The van der Waals surface area contributed by atoms with E-state index in [1.54, 1.807) is 6.08 Å². The number of ketones is 1. The zero-order valence-electron chi connectivity index (χ0n) is 7.83. The van der Waals surface area contributed by atoms with Gasteiger partial charge < -0.3 is 0 Å². The summed E-state index contributed by atoms with van der Waals surface area (Å²) in [5, 5.41) is 2.15. The Morgan fingerprint density at radius 1 is 1.00 bits per heavy atom. The summed E-state index contributed by atoms with van der Waals surface area (Å²) in [5.41, 5.74) is 1.91. The summed E-state index contributed by atoms with van der Waals surface area (Å²) in [6, 6.07) is 9.87. The molecule has 0 atom stereocenters. The lowest BCUT2D eigenvalue weighted by Gasteiger charge is -2.12. The highest BCUT2D eigenvalue weighted by molar-refractivity contribution is 9.10. The second kappa shape index (κ2) is 3.04. The maximum atomic E-state index is 11.7. The van der Waals surface area contributed by atoms with Crippen molar-refractivity contribution < 1.29 is 4.79 Å². The second-order valence-electron chi connectivity index (χ2n) is 3.56. The number of carbonyl (C=O) groups is 1. The van der Waals surface area contributed by atoms with E-state index >= 15 is 0 Å². The van der Waals surface area contributed by atoms with Crippen LogP contribution in [0.5, 0.6) is 0 Å². The summed E-state index contributed by atoms with van der Waals surface area (Å²) in [4.78, 5) is 11.7. The monoisotopic (exact) mass is 258 g/mol. The molecule has 0 aromatic heterocycles. The number of benzene rings is 2. The molecule has 1 aliphatic carbocycles. The molecule has 72 valence electrons. The van der Waals surface area contributed by atoms with E-state index in [0.29, 0.717) is 0 Å². The van der Waals surface area contributed by atoms with E-state index in [2.05, 4.69) is 15.9 Å². The van der Waals surface area contributed by atoms with Crippen LogP contribution in [0.25, 0.3) is 16.8 Å². The largest absolute Gasteiger partial charge is 0.289 e. The molecule has 0 aliphatic heterocycles. The minimum absolute atomic E-state index is 0.0891. The van der Waals surface area contributed by atoms with Crippen LogP contribution in [-0.2, 0) is 0 Å². The van der Waals surface area contributed by atoms with E-state index in [1.165, 1.54) is 0 Å². The zero-order valence-corrected chi connectivity index (χ0v) is 9.41. The Bertz CT molecular complexity index is 611. The van der Waals surface area contributed by atoms with E-state index in [1.807, 2.05) is 36.4 Å². The highest BCUT2D eigenvalue weighted by Gasteiger charge is 2.15. The Balaban J connectivity index is 2.59. The third-order valence-corrected chi connectivity index (χ3v) is 3.39. The quantitative estimate of drug-likeness (QED) is 0.703. The average Bonchev–Trinajstić information content (AvgIpc) is 2.27. The Kier molecular flexibility index (Phi) is 1.80. The molecule has 2 aromatic rings. The van der Waals surface area contributed by atoms with Crippen LogP contribution in [0.4, 0.5) is 0 Å². The standard InChI is InChI=1S/C13H7BrO/c14-11-6-4-8-5-7-12(15)10-3-1-2-9(11)13(8)10/h1-7H. The van der Waals surface area contributed by atoms with E-state index in [-0.39, 0.29) is 5.78 Å². The van der Waals surface area contributed by atoms with E-state index in [0.717, 1.165) is 26.4 Å². The fraction of sp³-hybridized carbons (Fsp3) is 0. The predicted molar refractivity (Wildman–Crippen MR) is 65.0 cm³/mol. The van der Waals surface area contributed by atoms with Crippen molar-refractivity contribution in [3.63, 3.8) is 0 Å². The summed E-state index contributed by atoms with van der Waals surface area (Å²) >= 11 is 3.50. The molecule has 1 nitrogen and oxygen atoms in total. The van der Waals surface area contributed by atoms with Gasteiger partial charge in [0.15, 0.2) is 5.78 Å². The molecule has 0 amide bonds. The molecule has 1 aliphatic rings. The third kappa shape index (κ3) is 1.18. The van der Waals surface area contributed by atoms with Gasteiger partial charge in [0.25, 0.3) is 0 Å². The van der Waals surface area contributed by atoms with E-state index in [4.69, 9.17) is 0 Å². The topological polar surface area (TPSA) is 17.1 Å². The van der Waals surface area contributed by atoms with Gasteiger partial charge in [0.1, 0.15) is 0 Å². The fourth-order valence-electron chi connectivity index (χ4n) is 2.00. The maximum absolute atomic E-state index is 11.7. The van der Waals surface area contributed by atoms with Crippen LogP contribution in [0.3, 0.4) is 0 Å². The van der Waals surface area contributed by atoms with Crippen molar-refractivity contribution in [2.24, 2.45) is 0 Å². The highest BCUT2D eigenvalue weighted by Crippen LogP contribution is 2.32. The summed E-state index contributed by atoms with van der Waals surface area (Å²) in [7, 11) is 0. The molecule has 0 N–H and O–H groups in total. The van der Waals surface area contributed by atoms with Crippen LogP contribution in [0.2, 0.25) is 0 Å². The van der Waals surface area contributed by atoms with Crippen molar-refractivity contribution in [1.29, 1.82) is 0 Å². The van der Waals surface area contributed by atoms with Crippen molar-refractivity contribution in [3.05, 3.63) is 52.0 Å². The van der Waals surface area contributed by atoms with Gasteiger partial charge in [-0.05, 0) is 23.1 Å². The fourth-order valence-corrected chi connectivity index (χ4v) is 2.46. The predicted octanol–water partition coefficient (Wildman–Crippen LogP) is 3.81. The van der Waals surface area contributed by atoms with Crippen molar-refractivity contribution in [1.82, 2.24) is 0 Å². The third-order valence-electron chi connectivity index (χ3n) is 2.70. The van der Waals surface area contributed by atoms with Gasteiger partial charge >= 0.3 is 0 Å². The minimum atomic E-state index is 0.0891. The molecule has 0 saturated heterocycles. The number of rotatable bonds is 0. The Labute approximate surface area is 95.5 Å². The van der Waals surface area contributed by atoms with Crippen molar-refractivity contribution in [3.8, 4) is 0 Å². The summed E-state index contributed by atoms with van der Waals surface area (Å²) in [6.45, 7) is 0. The number of allylic oxidation sites excluding steroid dienone is 1. The van der Waals surface area contributed by atoms with Gasteiger partial charge in [-0.25, -0.2) is 0 Å². The second-order valence-corrected chi connectivity index (χ2v) is 4.42. The molecular formula is C13H7BrO. The number of carbonyl (C=O) groups excluding carboxylic acids is 1. The van der Waals surface area contributed by atoms with Crippen molar-refractivity contribution >= 4 is 38.6 Å². The molecule has 3 rings (SSSR count). The van der Waals surface area contributed by atoms with Crippen LogP contribution in [-0.4, -0.2) is 5.78 Å². The molecule has 0 saturated carbocycles. The van der Waals surface area contributed by atoms with Gasteiger partial charge in [0.2, 0.25) is 0 Å². The Morgan fingerprint density at radius 3 is 2.73 bits per heavy atom. The van der Waals surface area contributed by atoms with Gasteiger partial charge in [-0.1, -0.05) is 46.3 Å². The normalized spacial score (nSPS) is 13.5. The lowest BCUT2D eigenvalue weighted by molar-refractivity contribution is 0.104. The molecule has 0 spiro atoms. The first-order chi connectivity index (χ1) is 7.27. The van der Waals surface area contributed by atoms with Gasteiger partial charge in [-0.3, -0.25) is 4.79 Å². The molecule has 0 bridgehead atoms. The number of halogens is 1. The van der Waals surface area contributed by atoms with E-state index in [9.17, 15) is 4.79 Å². The summed E-state index contributed by atoms with van der Waals surface area (Å²) in [5.74, 6) is 0.0891. The lowest BCUT2D eigenvalue weighted by atomic mass is 9.92. The number of hydrogen-bond acceptors (Lipinski definition) is 1. The molecule has 0 radical (unpaired) electrons. The van der Waals surface area contributed by atoms with Crippen molar-refractivity contribution in [2.45, 2.75) is 0 Å². The van der Waals surface area contributed by atoms with Crippen molar-refractivity contribution in [2.75, 3.05) is 0 Å². The Morgan fingerprint density at radius 2 is 1.87 bits per heavy atom. The van der Waals surface area contributed by atoms with E-state index < -0.39 is 0 Å². The van der Waals surface area contributed by atoms with Crippen LogP contribution in [0, 0.1) is 0 Å². The lowest BCUT2D eigenvalue weighted by Crippen LogP contribution is -2.01. The molecule has 0 heterocycles. The summed E-state index contributed by atoms with van der Waals surface area (Å²) in [6.07, 6.45) is 3.51. The van der Waals surface area contributed by atoms with Gasteiger partial charge in [0, 0.05) is 15.4 Å². The van der Waals surface area contributed by atoms with Gasteiger partial charge in [0.05, 0.1) is 0 Å². The maximum Gasteiger partial charge on any atom is 0.186 e. The zero-order chi connectivity index (χ0) is 10.4. The molecule has 15 heavy (non-hydrogen) atoms. The van der Waals surface area contributed by atoms with Crippen LogP contribution in [0.1, 0.15) is 15.9 Å². The van der Waals surface area contributed by atoms with Crippen LogP contribution >= 0.6 is 15.9 Å². The first-order valence-electron chi connectivity index (χ1n) is 4.71. The molecule has 2 aromatic carbocycles. The minimum Gasteiger partial charge on any atom is -0.289 e. The molecule has 0 unspecified atom stereocenters. The van der Waals surface area contributed by atoms with Crippen LogP contribution in [0.15, 0.2) is 40.9 Å². The van der Waals surface area contributed by atoms with Gasteiger partial charge in [-0.15, -0.1) is 0 Å². The molecule has 0 fully saturated rings. The summed E-state index contributed by atoms with van der Waals surface area (Å²) < 4.78 is 1.03. The van der Waals surface area contributed by atoms with Crippen LogP contribution < -0.4 is 0 Å². The van der Waals surface area contributed by atoms with Gasteiger partial charge in [-0.2, -0.15) is 0 Å². The Hall–Kier alpha value is -1.41.